The fraction of sp³-hybridized carbons (Fsp3) is 0.364. The molecule has 0 amide bonds. The first kappa shape index (κ1) is 12.6. The van der Waals surface area contributed by atoms with Crippen LogP contribution in [0, 0.1) is 6.42 Å². The lowest BCUT2D eigenvalue weighted by molar-refractivity contribution is 0.119. The minimum absolute atomic E-state index is 0.395. The van der Waals surface area contributed by atoms with Crippen LogP contribution in [0.1, 0.15) is 31.6 Å². The molecule has 0 aliphatic carbocycles. The number of halogens is 2. The first-order valence-corrected chi connectivity index (χ1v) is 6.41. The number of hydrazone groups is 1. The molecule has 1 radical (unpaired) electrons. The molecule has 0 N–H and O–H groups in total. The summed E-state index contributed by atoms with van der Waals surface area (Å²) in [5.41, 5.74) is 0.869. The molecular formula is C11H12BrClN3O. The Kier molecular flexibility index (Phi) is 4.23. The van der Waals surface area contributed by atoms with Crippen LogP contribution in [0.3, 0.4) is 0 Å². The molecule has 2 heterocycles. The number of unbranched alkanes of at least 4 members (excludes halogenated alkanes) is 1. The van der Waals surface area contributed by atoms with E-state index in [9.17, 15) is 0 Å². The van der Waals surface area contributed by atoms with Crippen molar-refractivity contribution in [3.8, 4) is 0 Å². The quantitative estimate of drug-likeness (QED) is 0.796. The zero-order valence-corrected chi connectivity index (χ0v) is 11.6. The summed E-state index contributed by atoms with van der Waals surface area (Å²) in [6, 6.07) is 1.91. The molecule has 1 aromatic rings. The van der Waals surface area contributed by atoms with E-state index in [4.69, 9.17) is 16.5 Å². The van der Waals surface area contributed by atoms with E-state index >= 15 is 0 Å². The molecule has 1 aliphatic heterocycles. The van der Waals surface area contributed by atoms with Crippen LogP contribution in [0.25, 0.3) is 0 Å². The Balaban J connectivity index is 2.06. The standard InChI is InChI=1S/C11H12BrClN3O/c1-2-3-4-10-15-16(13)11(17-10)8-5-9(12)7-14-6-8/h2,5-7,11H,3-4H2,1H3. The molecule has 0 aromatic carbocycles. The van der Waals surface area contributed by atoms with Crippen molar-refractivity contribution in [2.45, 2.75) is 26.0 Å². The van der Waals surface area contributed by atoms with Gasteiger partial charge in [-0.2, -0.15) is 4.53 Å². The van der Waals surface area contributed by atoms with Gasteiger partial charge >= 0.3 is 0 Å². The molecule has 91 valence electrons. The second kappa shape index (κ2) is 5.69. The smallest absolute Gasteiger partial charge is 0.232 e. The van der Waals surface area contributed by atoms with Gasteiger partial charge in [-0.05, 0) is 34.8 Å². The van der Waals surface area contributed by atoms with Crippen molar-refractivity contribution < 1.29 is 4.74 Å². The molecule has 0 saturated carbocycles. The van der Waals surface area contributed by atoms with Crippen molar-refractivity contribution in [2.24, 2.45) is 5.10 Å². The molecule has 2 rings (SSSR count). The molecule has 1 atom stereocenters. The van der Waals surface area contributed by atoms with Crippen LogP contribution in [0.5, 0.6) is 0 Å². The van der Waals surface area contributed by atoms with E-state index in [0.29, 0.717) is 5.90 Å². The number of hydrogen-bond acceptors (Lipinski definition) is 4. The highest BCUT2D eigenvalue weighted by atomic mass is 79.9. The lowest BCUT2D eigenvalue weighted by Crippen LogP contribution is -2.11. The Morgan fingerprint density at radius 3 is 3.12 bits per heavy atom. The second-order valence-corrected chi connectivity index (χ2v) is 4.90. The Bertz CT molecular complexity index is 427. The molecule has 1 aliphatic rings. The minimum Gasteiger partial charge on any atom is -0.449 e. The van der Waals surface area contributed by atoms with Gasteiger partial charge in [-0.3, -0.25) is 4.98 Å². The molecule has 0 bridgehead atoms. The minimum atomic E-state index is -0.395. The Labute approximate surface area is 114 Å². The number of hydrogen-bond donors (Lipinski definition) is 0. The lowest BCUT2D eigenvalue weighted by Gasteiger charge is -2.15. The van der Waals surface area contributed by atoms with E-state index in [1.165, 1.54) is 4.53 Å². The normalized spacial score (nSPS) is 19.1. The van der Waals surface area contributed by atoms with E-state index in [1.54, 1.807) is 12.4 Å². The molecule has 1 aromatic heterocycles. The van der Waals surface area contributed by atoms with Crippen molar-refractivity contribution >= 4 is 33.6 Å². The fourth-order valence-corrected chi connectivity index (χ4v) is 2.11. The summed E-state index contributed by atoms with van der Waals surface area (Å²) in [7, 11) is 0. The first-order chi connectivity index (χ1) is 8.20. The van der Waals surface area contributed by atoms with Crippen LogP contribution in [0.2, 0.25) is 0 Å². The predicted molar refractivity (Wildman–Crippen MR) is 70.1 cm³/mol. The van der Waals surface area contributed by atoms with Gasteiger partial charge in [-0.25, -0.2) is 0 Å². The van der Waals surface area contributed by atoms with Gasteiger partial charge in [0, 0.05) is 40.6 Å². The summed E-state index contributed by atoms with van der Waals surface area (Å²) in [4.78, 5) is 4.08. The number of ether oxygens (including phenoxy) is 1. The van der Waals surface area contributed by atoms with Crippen molar-refractivity contribution in [2.75, 3.05) is 0 Å². The number of pyridine rings is 1. The molecule has 0 spiro atoms. The number of nitrogens with zero attached hydrogens (tertiary/aromatic N) is 3. The van der Waals surface area contributed by atoms with Gasteiger partial charge in [0.25, 0.3) is 0 Å². The van der Waals surface area contributed by atoms with Gasteiger partial charge in [0.05, 0.1) is 0 Å². The van der Waals surface area contributed by atoms with Gasteiger partial charge < -0.3 is 4.74 Å². The highest BCUT2D eigenvalue weighted by molar-refractivity contribution is 9.10. The zero-order chi connectivity index (χ0) is 12.3. The number of rotatable bonds is 4. The average Bonchev–Trinajstić information content (AvgIpc) is 2.68. The van der Waals surface area contributed by atoms with Crippen LogP contribution in [0.4, 0.5) is 0 Å². The summed E-state index contributed by atoms with van der Waals surface area (Å²) in [5.74, 6) is 0.656. The third-order valence-corrected chi connectivity index (χ3v) is 2.99. The third-order valence-electron chi connectivity index (χ3n) is 2.31. The van der Waals surface area contributed by atoms with Gasteiger partial charge in [0.15, 0.2) is 0 Å². The van der Waals surface area contributed by atoms with Crippen molar-refractivity contribution in [1.82, 2.24) is 9.51 Å². The van der Waals surface area contributed by atoms with Crippen LogP contribution < -0.4 is 0 Å². The van der Waals surface area contributed by atoms with Crippen LogP contribution >= 0.6 is 27.7 Å². The lowest BCUT2D eigenvalue weighted by atomic mass is 10.2. The van der Waals surface area contributed by atoms with E-state index in [0.717, 1.165) is 22.9 Å². The third kappa shape index (κ3) is 3.10. The Hall–Kier alpha value is -0.810. The largest absolute Gasteiger partial charge is 0.449 e. The van der Waals surface area contributed by atoms with Gasteiger partial charge in [-0.1, -0.05) is 6.92 Å². The molecule has 0 fully saturated rings. The van der Waals surface area contributed by atoms with E-state index in [-0.39, 0.29) is 0 Å². The summed E-state index contributed by atoms with van der Waals surface area (Å²) < 4.78 is 7.87. The fourth-order valence-electron chi connectivity index (χ4n) is 1.49. The van der Waals surface area contributed by atoms with E-state index < -0.39 is 6.23 Å². The summed E-state index contributed by atoms with van der Waals surface area (Å²) in [6.45, 7) is 2.00. The zero-order valence-electron chi connectivity index (χ0n) is 9.31. The molecule has 0 saturated heterocycles. The average molecular weight is 318 g/mol. The second-order valence-electron chi connectivity index (χ2n) is 3.64. The monoisotopic (exact) mass is 316 g/mol. The summed E-state index contributed by atoms with van der Waals surface area (Å²) in [5, 5.41) is 4.14. The Morgan fingerprint density at radius 1 is 1.59 bits per heavy atom. The van der Waals surface area contributed by atoms with Crippen molar-refractivity contribution in [3.63, 3.8) is 0 Å². The van der Waals surface area contributed by atoms with E-state index in [1.807, 2.05) is 13.0 Å². The maximum Gasteiger partial charge on any atom is 0.232 e. The van der Waals surface area contributed by atoms with E-state index in [2.05, 4.69) is 32.4 Å². The Morgan fingerprint density at radius 2 is 2.41 bits per heavy atom. The molecule has 1 unspecified atom stereocenters. The van der Waals surface area contributed by atoms with Crippen molar-refractivity contribution in [1.29, 1.82) is 0 Å². The topological polar surface area (TPSA) is 37.7 Å². The highest BCUT2D eigenvalue weighted by Gasteiger charge is 2.28. The van der Waals surface area contributed by atoms with Crippen LogP contribution in [-0.4, -0.2) is 15.4 Å². The number of aromatic nitrogens is 1. The van der Waals surface area contributed by atoms with Gasteiger partial charge in [0.1, 0.15) is 0 Å². The van der Waals surface area contributed by atoms with Gasteiger partial charge in [-0.15, -0.1) is 5.10 Å². The first-order valence-electron chi connectivity index (χ1n) is 5.28. The molecule has 6 heteroatoms. The van der Waals surface area contributed by atoms with Crippen molar-refractivity contribution in [3.05, 3.63) is 34.9 Å². The van der Waals surface area contributed by atoms with Crippen LogP contribution in [-0.2, 0) is 4.74 Å². The summed E-state index contributed by atoms with van der Waals surface area (Å²) >= 11 is 9.37. The SMILES string of the molecule is C[CH]CCC1=NN(Cl)C(c2cncc(Br)c2)O1. The summed E-state index contributed by atoms with van der Waals surface area (Å²) in [6.07, 6.45) is 6.79. The predicted octanol–water partition coefficient (Wildman–Crippen LogP) is 3.65. The molecule has 17 heavy (non-hydrogen) atoms. The maximum absolute atomic E-state index is 6.01. The van der Waals surface area contributed by atoms with Gasteiger partial charge in [0.2, 0.25) is 12.1 Å². The maximum atomic E-state index is 6.01. The highest BCUT2D eigenvalue weighted by Crippen LogP contribution is 2.31. The van der Waals surface area contributed by atoms with Crippen LogP contribution in [0.15, 0.2) is 28.0 Å². The molecular weight excluding hydrogens is 305 g/mol. The molecule has 4 nitrogen and oxygen atoms in total.